The third kappa shape index (κ3) is 3.28. The van der Waals surface area contributed by atoms with E-state index in [0.29, 0.717) is 28.3 Å². The van der Waals surface area contributed by atoms with Crippen molar-refractivity contribution in [2.24, 2.45) is 0 Å². The van der Waals surface area contributed by atoms with Crippen LogP contribution in [0.4, 0.5) is 0 Å². The Kier molecular flexibility index (Phi) is 4.78. The largest absolute Gasteiger partial charge is 0.497 e. The second kappa shape index (κ2) is 7.75. The Morgan fingerprint density at radius 3 is 2.61 bits per heavy atom. The molecule has 1 aromatic carbocycles. The summed E-state index contributed by atoms with van der Waals surface area (Å²) in [5.41, 5.74) is 4.09. The van der Waals surface area contributed by atoms with Crippen molar-refractivity contribution in [2.75, 3.05) is 7.11 Å². The molecule has 0 spiro atoms. The Hall–Kier alpha value is -3.87. The third-order valence-electron chi connectivity index (χ3n) is 5.66. The van der Waals surface area contributed by atoms with Crippen molar-refractivity contribution in [1.82, 2.24) is 19.6 Å². The number of benzene rings is 1. The highest BCUT2D eigenvalue weighted by atomic mass is 16.5. The average molecular weight is 414 g/mol. The van der Waals surface area contributed by atoms with Crippen LogP contribution in [0.5, 0.6) is 11.6 Å². The number of aromatic amines is 1. The molecule has 0 bridgehead atoms. The fourth-order valence-corrected chi connectivity index (χ4v) is 4.13. The molecule has 3 aromatic heterocycles. The van der Waals surface area contributed by atoms with Crippen molar-refractivity contribution in [2.45, 2.75) is 25.7 Å². The number of hydrogen-bond donors (Lipinski definition) is 2. The number of nitrogens with zero attached hydrogens (tertiary/aromatic N) is 3. The predicted octanol–water partition coefficient (Wildman–Crippen LogP) is 4.42. The zero-order valence-corrected chi connectivity index (χ0v) is 17.1. The Bertz CT molecular complexity index is 1340. The molecule has 0 saturated carbocycles. The van der Waals surface area contributed by atoms with Crippen LogP contribution in [-0.2, 0) is 0 Å². The van der Waals surface area contributed by atoms with E-state index < -0.39 is 5.56 Å². The summed E-state index contributed by atoms with van der Waals surface area (Å²) in [7, 11) is 1.58. The summed E-state index contributed by atoms with van der Waals surface area (Å²) < 4.78 is 6.53. The molecule has 2 N–H and O–H groups in total. The lowest BCUT2D eigenvalue weighted by atomic mass is 9.93. The van der Waals surface area contributed by atoms with Gasteiger partial charge in [-0.15, -0.1) is 0 Å². The molecule has 5 rings (SSSR count). The van der Waals surface area contributed by atoms with Gasteiger partial charge >= 0.3 is 0 Å². The maximum atomic E-state index is 13.4. The Morgan fingerprint density at radius 1 is 1.10 bits per heavy atom. The van der Waals surface area contributed by atoms with Gasteiger partial charge < -0.3 is 14.8 Å². The summed E-state index contributed by atoms with van der Waals surface area (Å²) in [5.74, 6) is 0.483. The Balaban J connectivity index is 1.78. The summed E-state index contributed by atoms with van der Waals surface area (Å²) in [6.07, 6.45) is 7.99. The van der Waals surface area contributed by atoms with Gasteiger partial charge in [-0.25, -0.2) is 0 Å². The minimum absolute atomic E-state index is 0.161. The van der Waals surface area contributed by atoms with Crippen LogP contribution in [0, 0.1) is 0 Å². The van der Waals surface area contributed by atoms with Crippen molar-refractivity contribution in [3.8, 4) is 34.1 Å². The first kappa shape index (κ1) is 19.1. The lowest BCUT2D eigenvalue weighted by Gasteiger charge is -2.13. The van der Waals surface area contributed by atoms with Crippen molar-refractivity contribution in [3.05, 3.63) is 70.7 Å². The molecular formula is C24H22N4O3. The molecule has 0 atom stereocenters. The number of aromatic nitrogens is 4. The molecule has 0 unspecified atom stereocenters. The first-order valence-corrected chi connectivity index (χ1v) is 10.3. The highest BCUT2D eigenvalue weighted by Crippen LogP contribution is 2.36. The second-order valence-electron chi connectivity index (χ2n) is 7.56. The third-order valence-corrected chi connectivity index (χ3v) is 5.66. The van der Waals surface area contributed by atoms with Crippen LogP contribution in [-0.4, -0.2) is 31.8 Å². The Morgan fingerprint density at radius 2 is 1.94 bits per heavy atom. The van der Waals surface area contributed by atoms with Crippen molar-refractivity contribution >= 4 is 11.2 Å². The number of allylic oxidation sites excluding steroid dienone is 2. The molecule has 0 fully saturated rings. The smallest absolute Gasteiger partial charge is 0.286 e. The molecule has 7 heteroatoms. The van der Waals surface area contributed by atoms with Crippen molar-refractivity contribution in [3.63, 3.8) is 0 Å². The van der Waals surface area contributed by atoms with Gasteiger partial charge in [0.05, 0.1) is 18.4 Å². The fraction of sp³-hybridized carbons (Fsp3) is 0.208. The number of pyridine rings is 1. The average Bonchev–Trinajstić information content (AvgIpc) is 3.20. The van der Waals surface area contributed by atoms with Crippen LogP contribution < -0.4 is 10.3 Å². The van der Waals surface area contributed by atoms with E-state index in [-0.39, 0.29) is 11.4 Å². The lowest BCUT2D eigenvalue weighted by molar-refractivity contribution is 0.415. The van der Waals surface area contributed by atoms with Crippen LogP contribution >= 0.6 is 0 Å². The molecule has 0 aliphatic heterocycles. The maximum Gasteiger partial charge on any atom is 0.286 e. The van der Waals surface area contributed by atoms with E-state index in [4.69, 9.17) is 4.74 Å². The molecule has 1 aliphatic carbocycles. The van der Waals surface area contributed by atoms with E-state index in [1.807, 2.05) is 18.2 Å². The Labute approximate surface area is 178 Å². The first-order valence-electron chi connectivity index (χ1n) is 10.3. The van der Waals surface area contributed by atoms with E-state index >= 15 is 0 Å². The molecule has 7 nitrogen and oxygen atoms in total. The van der Waals surface area contributed by atoms with E-state index in [9.17, 15) is 9.90 Å². The van der Waals surface area contributed by atoms with Gasteiger partial charge in [-0.05, 0) is 61.1 Å². The van der Waals surface area contributed by atoms with Crippen LogP contribution in [0.15, 0.2) is 59.5 Å². The molecule has 4 aromatic rings. The van der Waals surface area contributed by atoms with Gasteiger partial charge in [0.25, 0.3) is 5.56 Å². The molecule has 0 saturated heterocycles. The highest BCUT2D eigenvalue weighted by Gasteiger charge is 2.24. The van der Waals surface area contributed by atoms with Crippen LogP contribution in [0.25, 0.3) is 33.7 Å². The van der Waals surface area contributed by atoms with Crippen molar-refractivity contribution in [1.29, 1.82) is 0 Å². The standard InChI is InChI=1S/C24H22N4O3/c1-31-17-12-10-16(11-13-17)20-23(29)26-22-19(15-7-3-2-4-8-15)21(27-28(22)24(20)30)18-9-5-6-14-25-18/h5-7,9-14,26,29H,2-4,8H2,1H3. The van der Waals surface area contributed by atoms with Crippen molar-refractivity contribution < 1.29 is 9.84 Å². The number of rotatable bonds is 4. The number of methoxy groups -OCH3 is 1. The summed E-state index contributed by atoms with van der Waals surface area (Å²) in [6.45, 7) is 0. The quantitative estimate of drug-likeness (QED) is 0.516. The van der Waals surface area contributed by atoms with Crippen LogP contribution in [0.2, 0.25) is 0 Å². The molecule has 1 aliphatic rings. The minimum atomic E-state index is -0.392. The SMILES string of the molecule is COc1ccc(-c2c(O)[nH]c3c(C4=CCCCC4)c(-c4ccccn4)nn3c2=O)cc1. The monoisotopic (exact) mass is 414 g/mol. The van der Waals surface area contributed by atoms with Crippen LogP contribution in [0.1, 0.15) is 31.2 Å². The molecular weight excluding hydrogens is 392 g/mol. The highest BCUT2D eigenvalue weighted by molar-refractivity contribution is 5.87. The summed E-state index contributed by atoms with van der Waals surface area (Å²) in [6, 6.07) is 12.6. The topological polar surface area (TPSA) is 92.5 Å². The molecule has 156 valence electrons. The summed E-state index contributed by atoms with van der Waals surface area (Å²) in [5, 5.41) is 15.5. The lowest BCUT2D eigenvalue weighted by Crippen LogP contribution is -2.17. The zero-order chi connectivity index (χ0) is 21.4. The van der Waals surface area contributed by atoms with Crippen LogP contribution in [0.3, 0.4) is 0 Å². The normalized spacial score (nSPS) is 13.9. The first-order chi connectivity index (χ1) is 15.2. The summed E-state index contributed by atoms with van der Waals surface area (Å²) in [4.78, 5) is 20.9. The van der Waals surface area contributed by atoms with E-state index in [2.05, 4.69) is 21.1 Å². The number of nitrogens with one attached hydrogen (secondary N) is 1. The van der Waals surface area contributed by atoms with Gasteiger partial charge in [0.2, 0.25) is 5.88 Å². The number of ether oxygens (including phenoxy) is 1. The summed E-state index contributed by atoms with van der Waals surface area (Å²) >= 11 is 0. The number of hydrogen-bond acceptors (Lipinski definition) is 5. The number of H-pyrrole nitrogens is 1. The van der Waals surface area contributed by atoms with E-state index in [1.165, 1.54) is 4.52 Å². The molecule has 0 amide bonds. The fourth-order valence-electron chi connectivity index (χ4n) is 4.13. The van der Waals surface area contributed by atoms with Gasteiger partial charge in [-0.1, -0.05) is 24.3 Å². The maximum absolute atomic E-state index is 13.4. The molecule has 0 radical (unpaired) electrons. The van der Waals surface area contributed by atoms with Gasteiger partial charge in [-0.3, -0.25) is 9.78 Å². The molecule has 31 heavy (non-hydrogen) atoms. The number of fused-ring (bicyclic) bond motifs is 1. The van der Waals surface area contributed by atoms with Gasteiger partial charge in [-0.2, -0.15) is 9.61 Å². The zero-order valence-electron chi connectivity index (χ0n) is 17.1. The van der Waals surface area contributed by atoms with E-state index in [0.717, 1.165) is 36.8 Å². The number of aromatic hydroxyl groups is 1. The van der Waals surface area contributed by atoms with Gasteiger partial charge in [0.15, 0.2) is 0 Å². The second-order valence-corrected chi connectivity index (χ2v) is 7.56. The molecule has 3 heterocycles. The van der Waals surface area contributed by atoms with E-state index in [1.54, 1.807) is 37.6 Å². The minimum Gasteiger partial charge on any atom is -0.497 e. The van der Waals surface area contributed by atoms with Gasteiger partial charge in [0, 0.05) is 6.20 Å². The predicted molar refractivity (Wildman–Crippen MR) is 119 cm³/mol. The van der Waals surface area contributed by atoms with Gasteiger partial charge in [0.1, 0.15) is 22.7 Å².